The molecule has 0 aromatic heterocycles. The van der Waals surface area contributed by atoms with Gasteiger partial charge in [0.05, 0.1) is 6.04 Å². The Labute approximate surface area is 87.1 Å². The van der Waals surface area contributed by atoms with E-state index in [4.69, 9.17) is 0 Å². The van der Waals surface area contributed by atoms with E-state index in [2.05, 4.69) is 31.4 Å². The standard InChI is InChI=1S/C7H13NOS.C3H8/c1-5(9)7-3-6(10)4-8(7)2;1-3-2/h6-7,10H,3-4H2,1-2H3;3H2,1-2H3. The van der Waals surface area contributed by atoms with Crippen molar-refractivity contribution in [2.24, 2.45) is 0 Å². The SMILES string of the molecule is CC(=O)C1CC(S)CN1C.CCC. The molecule has 0 aliphatic carbocycles. The first kappa shape index (κ1) is 13.0. The number of likely N-dealkylation sites (tertiary alicyclic amines) is 1. The van der Waals surface area contributed by atoms with Gasteiger partial charge in [0.15, 0.2) is 0 Å². The molecule has 0 bridgehead atoms. The molecule has 1 aliphatic heterocycles. The molecule has 2 atom stereocenters. The number of carbonyl (C=O) groups excluding carboxylic acids is 1. The second kappa shape index (κ2) is 6.44. The summed E-state index contributed by atoms with van der Waals surface area (Å²) < 4.78 is 0. The van der Waals surface area contributed by atoms with Crippen molar-refractivity contribution in [3.05, 3.63) is 0 Å². The average molecular weight is 203 g/mol. The minimum absolute atomic E-state index is 0.127. The summed E-state index contributed by atoms with van der Waals surface area (Å²) in [5.74, 6) is 0.263. The van der Waals surface area contributed by atoms with E-state index in [9.17, 15) is 4.79 Å². The molecular formula is C10H21NOS. The first-order valence-corrected chi connectivity index (χ1v) is 5.43. The highest BCUT2D eigenvalue weighted by atomic mass is 32.1. The van der Waals surface area contributed by atoms with Crippen molar-refractivity contribution in [2.75, 3.05) is 13.6 Å². The molecule has 0 radical (unpaired) electrons. The smallest absolute Gasteiger partial charge is 0.146 e. The van der Waals surface area contributed by atoms with E-state index in [1.165, 1.54) is 6.42 Å². The highest BCUT2D eigenvalue weighted by Crippen LogP contribution is 2.19. The first-order valence-electron chi connectivity index (χ1n) is 4.91. The number of rotatable bonds is 1. The van der Waals surface area contributed by atoms with Gasteiger partial charge in [-0.1, -0.05) is 20.3 Å². The molecule has 0 N–H and O–H groups in total. The fourth-order valence-corrected chi connectivity index (χ4v) is 1.91. The number of Topliss-reactive ketones (excluding diaryl/α,β-unsaturated/α-hetero) is 1. The molecule has 78 valence electrons. The van der Waals surface area contributed by atoms with E-state index < -0.39 is 0 Å². The molecule has 1 aliphatic rings. The molecule has 0 spiro atoms. The van der Waals surface area contributed by atoms with Gasteiger partial charge in [-0.15, -0.1) is 0 Å². The zero-order valence-electron chi connectivity index (χ0n) is 9.08. The van der Waals surface area contributed by atoms with Gasteiger partial charge in [-0.2, -0.15) is 12.6 Å². The number of nitrogens with zero attached hydrogens (tertiary/aromatic N) is 1. The van der Waals surface area contributed by atoms with Crippen LogP contribution in [0.15, 0.2) is 0 Å². The van der Waals surface area contributed by atoms with Crippen molar-refractivity contribution in [3.63, 3.8) is 0 Å². The normalized spacial score (nSPS) is 28.1. The van der Waals surface area contributed by atoms with Crippen molar-refractivity contribution in [2.45, 2.75) is 44.9 Å². The number of carbonyl (C=O) groups is 1. The first-order chi connectivity index (χ1) is 6.02. The van der Waals surface area contributed by atoms with Crippen LogP contribution < -0.4 is 0 Å². The fraction of sp³-hybridized carbons (Fsp3) is 0.900. The molecular weight excluding hydrogens is 182 g/mol. The van der Waals surface area contributed by atoms with Crippen molar-refractivity contribution < 1.29 is 4.79 Å². The molecule has 3 heteroatoms. The van der Waals surface area contributed by atoms with Crippen LogP contribution in [-0.4, -0.2) is 35.6 Å². The van der Waals surface area contributed by atoms with Gasteiger partial charge in [0.2, 0.25) is 0 Å². The molecule has 1 rings (SSSR count). The van der Waals surface area contributed by atoms with Crippen LogP contribution in [0.1, 0.15) is 33.6 Å². The van der Waals surface area contributed by atoms with Crippen molar-refractivity contribution in [3.8, 4) is 0 Å². The van der Waals surface area contributed by atoms with E-state index in [1.807, 2.05) is 7.05 Å². The second-order valence-electron chi connectivity index (χ2n) is 3.66. The van der Waals surface area contributed by atoms with Gasteiger partial charge >= 0.3 is 0 Å². The molecule has 0 aromatic carbocycles. The Balaban J connectivity index is 0.000000424. The van der Waals surface area contributed by atoms with E-state index in [0.717, 1.165) is 13.0 Å². The Morgan fingerprint density at radius 3 is 2.15 bits per heavy atom. The fourth-order valence-electron chi connectivity index (χ4n) is 1.45. The third-order valence-electron chi connectivity index (χ3n) is 2.00. The quantitative estimate of drug-likeness (QED) is 0.658. The van der Waals surface area contributed by atoms with Crippen LogP contribution in [0.25, 0.3) is 0 Å². The Morgan fingerprint density at radius 2 is 2.00 bits per heavy atom. The van der Waals surface area contributed by atoms with E-state index in [1.54, 1.807) is 6.92 Å². The van der Waals surface area contributed by atoms with Gasteiger partial charge in [0, 0.05) is 11.8 Å². The van der Waals surface area contributed by atoms with E-state index >= 15 is 0 Å². The van der Waals surface area contributed by atoms with Gasteiger partial charge in [-0.3, -0.25) is 9.69 Å². The molecule has 1 heterocycles. The Hall–Kier alpha value is -0.0200. The maximum absolute atomic E-state index is 10.9. The molecule has 0 amide bonds. The highest BCUT2D eigenvalue weighted by molar-refractivity contribution is 7.81. The van der Waals surface area contributed by atoms with Gasteiger partial charge in [-0.05, 0) is 20.4 Å². The molecule has 13 heavy (non-hydrogen) atoms. The Morgan fingerprint density at radius 1 is 1.54 bits per heavy atom. The lowest BCUT2D eigenvalue weighted by Gasteiger charge is -2.14. The Kier molecular flexibility index (Phi) is 6.43. The third-order valence-corrected chi connectivity index (χ3v) is 2.37. The molecule has 1 saturated heterocycles. The lowest BCUT2D eigenvalue weighted by atomic mass is 10.1. The van der Waals surface area contributed by atoms with Crippen LogP contribution >= 0.6 is 12.6 Å². The van der Waals surface area contributed by atoms with Crippen LogP contribution in [0.2, 0.25) is 0 Å². The zero-order chi connectivity index (χ0) is 10.4. The summed E-state index contributed by atoms with van der Waals surface area (Å²) in [6.45, 7) is 6.83. The monoisotopic (exact) mass is 203 g/mol. The minimum Gasteiger partial charge on any atom is -0.298 e. The molecule has 2 nitrogen and oxygen atoms in total. The zero-order valence-corrected chi connectivity index (χ0v) is 9.97. The summed E-state index contributed by atoms with van der Waals surface area (Å²) in [6, 6.07) is 0.127. The summed E-state index contributed by atoms with van der Waals surface area (Å²) in [7, 11) is 1.97. The van der Waals surface area contributed by atoms with Gasteiger partial charge in [-0.25, -0.2) is 0 Å². The third kappa shape index (κ3) is 4.67. The highest BCUT2D eigenvalue weighted by Gasteiger charge is 2.29. The van der Waals surface area contributed by atoms with Crippen molar-refractivity contribution in [1.82, 2.24) is 4.90 Å². The summed E-state index contributed by atoms with van der Waals surface area (Å²) in [5.41, 5.74) is 0. The number of likely N-dealkylation sites (N-methyl/N-ethyl adjacent to an activating group) is 1. The number of hydrogen-bond acceptors (Lipinski definition) is 3. The average Bonchev–Trinajstić information content (AvgIpc) is 2.31. The number of ketones is 1. The van der Waals surface area contributed by atoms with E-state index in [0.29, 0.717) is 5.25 Å². The van der Waals surface area contributed by atoms with Gasteiger partial charge in [0.25, 0.3) is 0 Å². The van der Waals surface area contributed by atoms with Crippen LogP contribution in [-0.2, 0) is 4.79 Å². The lowest BCUT2D eigenvalue weighted by molar-refractivity contribution is -0.120. The predicted octanol–water partition coefficient (Wildman–Crippen LogP) is 1.99. The minimum atomic E-state index is 0.127. The summed E-state index contributed by atoms with van der Waals surface area (Å²) >= 11 is 4.31. The van der Waals surface area contributed by atoms with Gasteiger partial charge in [0.1, 0.15) is 5.78 Å². The van der Waals surface area contributed by atoms with Crippen LogP contribution in [0, 0.1) is 0 Å². The molecule has 1 fully saturated rings. The molecule has 2 unspecified atom stereocenters. The Bertz CT molecular complexity index is 161. The molecule has 0 saturated carbocycles. The van der Waals surface area contributed by atoms with E-state index in [-0.39, 0.29) is 11.8 Å². The largest absolute Gasteiger partial charge is 0.298 e. The second-order valence-corrected chi connectivity index (χ2v) is 4.39. The van der Waals surface area contributed by atoms with Crippen molar-refractivity contribution in [1.29, 1.82) is 0 Å². The van der Waals surface area contributed by atoms with Crippen LogP contribution in [0.4, 0.5) is 0 Å². The molecule has 0 aromatic rings. The predicted molar refractivity (Wildman–Crippen MR) is 60.5 cm³/mol. The number of thiol groups is 1. The van der Waals surface area contributed by atoms with Crippen LogP contribution in [0.5, 0.6) is 0 Å². The summed E-state index contributed by atoms with van der Waals surface area (Å²) in [5, 5.41) is 0.388. The van der Waals surface area contributed by atoms with Crippen molar-refractivity contribution >= 4 is 18.4 Å². The maximum atomic E-state index is 10.9. The van der Waals surface area contributed by atoms with Gasteiger partial charge < -0.3 is 0 Å². The number of hydrogen-bond donors (Lipinski definition) is 1. The summed E-state index contributed by atoms with van der Waals surface area (Å²) in [4.78, 5) is 13.0. The topological polar surface area (TPSA) is 20.3 Å². The maximum Gasteiger partial charge on any atom is 0.146 e. The lowest BCUT2D eigenvalue weighted by Crippen LogP contribution is -2.30. The summed E-state index contributed by atoms with van der Waals surface area (Å²) in [6.07, 6.45) is 2.16. The van der Waals surface area contributed by atoms with Crippen LogP contribution in [0.3, 0.4) is 0 Å².